The maximum atomic E-state index is 13.8. The van der Waals surface area contributed by atoms with Crippen molar-refractivity contribution in [3.63, 3.8) is 0 Å². The summed E-state index contributed by atoms with van der Waals surface area (Å²) in [6.07, 6.45) is 9.77. The Kier molecular flexibility index (Phi) is 5.48. The number of hydrogen-bond donors (Lipinski definition) is 0. The topological polar surface area (TPSA) is 82.5 Å². The van der Waals surface area contributed by atoms with Gasteiger partial charge in [-0.25, -0.2) is 19.4 Å². The van der Waals surface area contributed by atoms with Gasteiger partial charge in [0.25, 0.3) is 0 Å². The predicted molar refractivity (Wildman–Crippen MR) is 107 cm³/mol. The summed E-state index contributed by atoms with van der Waals surface area (Å²) in [6.45, 7) is 4.54. The van der Waals surface area contributed by atoms with Crippen LogP contribution in [-0.2, 0) is 17.8 Å². The maximum Gasteiger partial charge on any atom is 0.194 e. The van der Waals surface area contributed by atoms with Crippen LogP contribution in [0.3, 0.4) is 0 Å². The summed E-state index contributed by atoms with van der Waals surface area (Å²) in [4.78, 5) is 13.3. The van der Waals surface area contributed by atoms with E-state index in [-0.39, 0.29) is 6.04 Å². The fourth-order valence-corrected chi connectivity index (χ4v) is 3.67. The van der Waals surface area contributed by atoms with Crippen LogP contribution >= 0.6 is 0 Å². The summed E-state index contributed by atoms with van der Waals surface area (Å²) >= 11 is 0. The molecule has 0 aromatic carbocycles. The van der Waals surface area contributed by atoms with Crippen LogP contribution in [0.4, 0.5) is 4.39 Å². The fourth-order valence-electron chi connectivity index (χ4n) is 3.67. The smallest absolute Gasteiger partial charge is 0.194 e. The molecular weight excluding hydrogens is 373 g/mol. The second-order valence-corrected chi connectivity index (χ2v) is 7.02. The minimum absolute atomic E-state index is 0.127. The second-order valence-electron chi connectivity index (χ2n) is 7.02. The van der Waals surface area contributed by atoms with Crippen LogP contribution < -0.4 is 0 Å². The van der Waals surface area contributed by atoms with Gasteiger partial charge in [0.05, 0.1) is 11.7 Å². The van der Waals surface area contributed by atoms with E-state index >= 15 is 0 Å². The molecule has 0 saturated carbocycles. The van der Waals surface area contributed by atoms with Crippen molar-refractivity contribution in [2.24, 2.45) is 4.99 Å². The van der Waals surface area contributed by atoms with Gasteiger partial charge in [0.2, 0.25) is 0 Å². The molecule has 0 amide bonds. The van der Waals surface area contributed by atoms with E-state index in [1.54, 1.807) is 25.7 Å². The summed E-state index contributed by atoms with van der Waals surface area (Å²) < 4.78 is 22.8. The third-order valence-corrected chi connectivity index (χ3v) is 5.03. The molecule has 0 bridgehead atoms. The first-order chi connectivity index (χ1) is 14.1. The van der Waals surface area contributed by atoms with Gasteiger partial charge in [-0.15, -0.1) is 10.2 Å². The highest BCUT2D eigenvalue weighted by Crippen LogP contribution is 2.26. The second kappa shape index (κ2) is 8.20. The van der Waals surface area contributed by atoms with E-state index in [2.05, 4.69) is 34.0 Å². The van der Waals surface area contributed by atoms with Gasteiger partial charge in [0, 0.05) is 31.5 Å². The van der Waals surface area contributed by atoms with Gasteiger partial charge in [-0.1, -0.05) is 19.4 Å². The number of ether oxygens (including phenoxy) is 1. The van der Waals surface area contributed by atoms with Crippen molar-refractivity contribution in [1.29, 1.82) is 0 Å². The van der Waals surface area contributed by atoms with E-state index in [0.717, 1.165) is 29.7 Å². The Balaban J connectivity index is 1.78. The Hall–Kier alpha value is -2.94. The molecule has 4 heterocycles. The van der Waals surface area contributed by atoms with Crippen molar-refractivity contribution in [2.75, 3.05) is 7.11 Å². The van der Waals surface area contributed by atoms with Gasteiger partial charge in [0.1, 0.15) is 18.6 Å². The zero-order valence-corrected chi connectivity index (χ0v) is 16.8. The first kappa shape index (κ1) is 19.4. The number of halogens is 1. The Morgan fingerprint density at radius 2 is 2.17 bits per heavy atom. The average molecular weight is 397 g/mol. The van der Waals surface area contributed by atoms with E-state index in [1.165, 1.54) is 0 Å². The lowest BCUT2D eigenvalue weighted by atomic mass is 10.0. The van der Waals surface area contributed by atoms with Gasteiger partial charge in [-0.2, -0.15) is 0 Å². The number of fused-ring (bicyclic) bond motifs is 1. The van der Waals surface area contributed by atoms with Gasteiger partial charge >= 0.3 is 0 Å². The monoisotopic (exact) mass is 397 g/mol. The summed E-state index contributed by atoms with van der Waals surface area (Å²) in [6, 6.07) is -0.127. The first-order valence-corrected chi connectivity index (χ1v) is 9.76. The maximum absolute atomic E-state index is 13.8. The van der Waals surface area contributed by atoms with Crippen LogP contribution in [0.1, 0.15) is 55.6 Å². The number of aliphatic imine (C=N–C) groups is 1. The fraction of sp³-hybridized carbons (Fsp3) is 0.450. The SMILES string of the molecule is CCCc1c([C@H](C)n2ccnc2C2=NC(F)CC=C2)ncn2c(COC)nnc12. The minimum atomic E-state index is -1.23. The molecule has 8 nitrogen and oxygen atoms in total. The molecule has 0 aliphatic carbocycles. The summed E-state index contributed by atoms with van der Waals surface area (Å²) in [5.41, 5.74) is 3.27. The molecule has 29 heavy (non-hydrogen) atoms. The van der Waals surface area contributed by atoms with Gasteiger partial charge < -0.3 is 9.30 Å². The van der Waals surface area contributed by atoms with E-state index in [4.69, 9.17) is 9.72 Å². The standard InChI is InChI=1S/C20H24FN7O/c1-4-6-14-18(23-12-28-17(11-29-3)25-26-19(14)28)13(2)27-10-9-22-20(27)15-7-5-8-16(21)24-15/h5,7,9-10,12-13,16H,4,6,8,11H2,1-3H3/t13-,16?/m0/s1. The van der Waals surface area contributed by atoms with Crippen LogP contribution in [-0.4, -0.2) is 48.3 Å². The van der Waals surface area contributed by atoms with Gasteiger partial charge in [-0.3, -0.25) is 4.40 Å². The lowest BCUT2D eigenvalue weighted by Crippen LogP contribution is -2.19. The molecule has 1 aliphatic rings. The first-order valence-electron chi connectivity index (χ1n) is 9.76. The predicted octanol–water partition coefficient (Wildman–Crippen LogP) is 3.07. The number of rotatable bonds is 7. The minimum Gasteiger partial charge on any atom is -0.377 e. The van der Waals surface area contributed by atoms with Crippen LogP contribution in [0.15, 0.2) is 35.9 Å². The molecule has 4 rings (SSSR count). The Labute approximate surface area is 168 Å². The number of methoxy groups -OCH3 is 1. The Morgan fingerprint density at radius 1 is 1.31 bits per heavy atom. The number of hydrogen-bond acceptors (Lipinski definition) is 6. The van der Waals surface area contributed by atoms with Crippen LogP contribution in [0.25, 0.3) is 5.65 Å². The third kappa shape index (κ3) is 3.57. The molecule has 0 N–H and O–H groups in total. The van der Waals surface area contributed by atoms with E-state index in [1.807, 2.05) is 21.2 Å². The summed E-state index contributed by atoms with van der Waals surface area (Å²) in [5.74, 6) is 1.34. The normalized spacial score (nSPS) is 17.7. The molecule has 1 aliphatic heterocycles. The molecule has 3 aromatic heterocycles. The number of allylic oxidation sites excluding steroid dienone is 1. The molecule has 9 heteroatoms. The quantitative estimate of drug-likeness (QED) is 0.572. The number of imidazole rings is 1. The zero-order valence-electron chi connectivity index (χ0n) is 16.8. The highest BCUT2D eigenvalue weighted by molar-refractivity contribution is 6.06. The van der Waals surface area contributed by atoms with E-state index < -0.39 is 6.30 Å². The zero-order chi connectivity index (χ0) is 20.4. The van der Waals surface area contributed by atoms with Crippen LogP contribution in [0.5, 0.6) is 0 Å². The Morgan fingerprint density at radius 3 is 2.93 bits per heavy atom. The van der Waals surface area contributed by atoms with Crippen molar-refractivity contribution in [2.45, 2.75) is 52.1 Å². The van der Waals surface area contributed by atoms with Crippen molar-refractivity contribution >= 4 is 11.4 Å². The number of aryl methyl sites for hydroxylation is 1. The van der Waals surface area contributed by atoms with Crippen molar-refractivity contribution < 1.29 is 9.13 Å². The van der Waals surface area contributed by atoms with E-state index in [9.17, 15) is 4.39 Å². The van der Waals surface area contributed by atoms with Crippen molar-refractivity contribution in [3.05, 3.63) is 53.8 Å². The molecule has 3 aromatic rings. The molecule has 1 unspecified atom stereocenters. The largest absolute Gasteiger partial charge is 0.377 e. The third-order valence-electron chi connectivity index (χ3n) is 5.03. The lowest BCUT2D eigenvalue weighted by Gasteiger charge is -2.20. The highest BCUT2D eigenvalue weighted by atomic mass is 19.1. The van der Waals surface area contributed by atoms with E-state index in [0.29, 0.717) is 30.4 Å². The number of alkyl halides is 1. The van der Waals surface area contributed by atoms with Gasteiger partial charge in [-0.05, 0) is 19.4 Å². The van der Waals surface area contributed by atoms with Crippen LogP contribution in [0.2, 0.25) is 0 Å². The number of dihydropyridines is 1. The Bertz CT molecular complexity index is 1070. The summed E-state index contributed by atoms with van der Waals surface area (Å²) in [5, 5.41) is 8.64. The molecule has 152 valence electrons. The lowest BCUT2D eigenvalue weighted by molar-refractivity contribution is 0.177. The molecule has 2 atom stereocenters. The number of aromatic nitrogens is 6. The van der Waals surface area contributed by atoms with Crippen molar-refractivity contribution in [3.8, 4) is 0 Å². The molecule has 0 saturated heterocycles. The molecular formula is C20H24FN7O. The summed E-state index contributed by atoms with van der Waals surface area (Å²) in [7, 11) is 1.63. The molecule has 0 fully saturated rings. The highest BCUT2D eigenvalue weighted by Gasteiger charge is 2.23. The molecule has 0 spiro atoms. The van der Waals surface area contributed by atoms with Gasteiger partial charge in [0.15, 0.2) is 23.6 Å². The average Bonchev–Trinajstić information content (AvgIpc) is 3.36. The van der Waals surface area contributed by atoms with Crippen molar-refractivity contribution in [1.82, 2.24) is 29.1 Å². The van der Waals surface area contributed by atoms with Crippen LogP contribution in [0, 0.1) is 0 Å². The number of nitrogens with zero attached hydrogens (tertiary/aromatic N) is 7. The molecule has 0 radical (unpaired) electrons.